The molecule has 0 radical (unpaired) electrons. The van der Waals surface area contributed by atoms with Crippen molar-refractivity contribution in [2.24, 2.45) is 5.92 Å². The number of nitrogens with one attached hydrogen (secondary N) is 3. The van der Waals surface area contributed by atoms with Crippen LogP contribution < -0.4 is 20.3 Å². The van der Waals surface area contributed by atoms with Gasteiger partial charge >= 0.3 is 0 Å². The van der Waals surface area contributed by atoms with Crippen LogP contribution in [-0.2, 0) is 34.1 Å². The number of sulfonamides is 1. The third-order valence-corrected chi connectivity index (χ3v) is 8.49. The number of benzene rings is 2. The number of nitrogens with zero attached hydrogens (tertiary/aromatic N) is 1. The molecule has 2 atom stereocenters. The third kappa shape index (κ3) is 9.63. The van der Waals surface area contributed by atoms with Gasteiger partial charge < -0.3 is 16.0 Å². The highest BCUT2D eigenvalue weighted by atomic mass is 32.2. The Labute approximate surface area is 240 Å². The smallest absolute Gasteiger partial charge is 0.251 e. The van der Waals surface area contributed by atoms with Crippen molar-refractivity contribution in [1.29, 1.82) is 0 Å². The van der Waals surface area contributed by atoms with E-state index in [-0.39, 0.29) is 23.9 Å². The van der Waals surface area contributed by atoms with Gasteiger partial charge in [0, 0.05) is 31.7 Å². The summed E-state index contributed by atoms with van der Waals surface area (Å²) in [7, 11) is -1.98. The van der Waals surface area contributed by atoms with Crippen molar-refractivity contribution in [2.45, 2.75) is 77.8 Å². The molecule has 9 heteroatoms. The zero-order chi connectivity index (χ0) is 29.3. The zero-order valence-corrected chi connectivity index (χ0v) is 25.4. The summed E-state index contributed by atoms with van der Waals surface area (Å²) in [6.07, 6.45) is 6.94. The molecule has 3 N–H and O–H groups in total. The Kier molecular flexibility index (Phi) is 11.6. The van der Waals surface area contributed by atoms with Crippen molar-refractivity contribution in [3.05, 3.63) is 64.7 Å². The van der Waals surface area contributed by atoms with Crippen LogP contribution in [-0.4, -0.2) is 58.7 Å². The Hall–Kier alpha value is -2.91. The van der Waals surface area contributed by atoms with E-state index in [9.17, 15) is 18.0 Å². The molecule has 4 bridgehead atoms. The molecule has 1 heterocycles. The first-order chi connectivity index (χ1) is 19.0. The van der Waals surface area contributed by atoms with Crippen LogP contribution in [0.4, 0.5) is 5.69 Å². The van der Waals surface area contributed by atoms with Gasteiger partial charge in [0.25, 0.3) is 5.91 Å². The molecule has 1 aliphatic heterocycles. The first-order valence-corrected chi connectivity index (χ1v) is 16.3. The van der Waals surface area contributed by atoms with Crippen LogP contribution in [0.1, 0.15) is 73.5 Å². The molecule has 0 unspecified atom stereocenters. The summed E-state index contributed by atoms with van der Waals surface area (Å²) in [4.78, 5) is 26.5. The first kappa shape index (κ1) is 31.6. The average Bonchev–Trinajstić information content (AvgIpc) is 2.90. The van der Waals surface area contributed by atoms with E-state index >= 15 is 0 Å². The van der Waals surface area contributed by atoms with E-state index in [0.29, 0.717) is 43.1 Å². The van der Waals surface area contributed by atoms with E-state index in [4.69, 9.17) is 0 Å². The van der Waals surface area contributed by atoms with Gasteiger partial charge in [0.1, 0.15) is 0 Å². The molecule has 0 saturated carbocycles. The summed E-state index contributed by atoms with van der Waals surface area (Å²) in [5.74, 6) is 0.0759. The van der Waals surface area contributed by atoms with Gasteiger partial charge in [-0.15, -0.1) is 0 Å². The number of fused-ring (bicyclic) bond motifs is 4. The minimum absolute atomic E-state index is 0.0223. The minimum atomic E-state index is -3.48. The van der Waals surface area contributed by atoms with Crippen LogP contribution in [0.3, 0.4) is 0 Å². The van der Waals surface area contributed by atoms with Gasteiger partial charge in [-0.25, -0.2) is 8.42 Å². The van der Waals surface area contributed by atoms with Gasteiger partial charge in [-0.3, -0.25) is 13.9 Å². The van der Waals surface area contributed by atoms with E-state index in [1.54, 1.807) is 6.07 Å². The maximum absolute atomic E-state index is 13.6. The SMILES string of the molecule is CCC[C@H](NC[C@@H]1Cc2cccc(c2)CCCCc2cc(cc(N(C)S(C)(=O)=O)c2)C(=O)N1)C(=O)NCC(C)C. The average molecular weight is 571 g/mol. The Morgan fingerprint density at radius 3 is 2.45 bits per heavy atom. The maximum atomic E-state index is 13.6. The Morgan fingerprint density at radius 1 is 1.07 bits per heavy atom. The van der Waals surface area contributed by atoms with Crippen molar-refractivity contribution in [3.63, 3.8) is 0 Å². The molecule has 220 valence electrons. The fraction of sp³-hybridized carbons (Fsp3) is 0.548. The normalized spacial score (nSPS) is 17.1. The maximum Gasteiger partial charge on any atom is 0.251 e. The van der Waals surface area contributed by atoms with Crippen molar-refractivity contribution in [3.8, 4) is 0 Å². The third-order valence-electron chi connectivity index (χ3n) is 7.28. The van der Waals surface area contributed by atoms with Crippen molar-refractivity contribution >= 4 is 27.5 Å². The molecule has 3 rings (SSSR count). The summed E-state index contributed by atoms with van der Waals surface area (Å²) in [5.41, 5.74) is 4.23. The summed E-state index contributed by atoms with van der Waals surface area (Å²) in [6.45, 7) is 7.22. The molecule has 2 aromatic rings. The second-order valence-corrected chi connectivity index (χ2v) is 13.4. The van der Waals surface area contributed by atoms with E-state index in [1.807, 2.05) is 12.1 Å². The fourth-order valence-corrected chi connectivity index (χ4v) is 5.44. The quantitative estimate of drug-likeness (QED) is 0.403. The lowest BCUT2D eigenvalue weighted by Crippen LogP contribution is -2.51. The number of carbonyl (C=O) groups excluding carboxylic acids is 2. The molecule has 0 fully saturated rings. The number of rotatable bonds is 10. The van der Waals surface area contributed by atoms with E-state index in [2.05, 4.69) is 61.0 Å². The Morgan fingerprint density at radius 2 is 1.77 bits per heavy atom. The van der Waals surface area contributed by atoms with Crippen LogP contribution in [0.25, 0.3) is 0 Å². The van der Waals surface area contributed by atoms with Crippen LogP contribution in [0, 0.1) is 5.92 Å². The summed E-state index contributed by atoms with van der Waals surface area (Å²) in [5, 5.41) is 9.63. The second-order valence-electron chi connectivity index (χ2n) is 11.4. The lowest BCUT2D eigenvalue weighted by atomic mass is 9.97. The number of hydrogen-bond acceptors (Lipinski definition) is 5. The van der Waals surface area contributed by atoms with Gasteiger partial charge in [0.2, 0.25) is 15.9 Å². The van der Waals surface area contributed by atoms with Crippen LogP contribution in [0.5, 0.6) is 0 Å². The molecule has 0 aromatic heterocycles. The predicted octanol–water partition coefficient (Wildman–Crippen LogP) is 3.83. The fourth-order valence-electron chi connectivity index (χ4n) is 4.95. The molecule has 1 aliphatic rings. The molecule has 40 heavy (non-hydrogen) atoms. The Bertz CT molecular complexity index is 1260. The molecule has 8 nitrogen and oxygen atoms in total. The highest BCUT2D eigenvalue weighted by Crippen LogP contribution is 2.23. The Balaban J connectivity index is 1.90. The summed E-state index contributed by atoms with van der Waals surface area (Å²) in [6, 6.07) is 13.2. The van der Waals surface area contributed by atoms with E-state index < -0.39 is 10.0 Å². The molecular formula is C31H46N4O4S. The van der Waals surface area contributed by atoms with Crippen LogP contribution in [0.2, 0.25) is 0 Å². The molecular weight excluding hydrogens is 524 g/mol. The second kappa shape index (κ2) is 14.6. The largest absolute Gasteiger partial charge is 0.354 e. The minimum Gasteiger partial charge on any atom is -0.354 e. The monoisotopic (exact) mass is 570 g/mol. The zero-order valence-electron chi connectivity index (χ0n) is 24.6. The highest BCUT2D eigenvalue weighted by Gasteiger charge is 2.22. The molecule has 0 saturated heterocycles. The summed E-state index contributed by atoms with van der Waals surface area (Å²) < 4.78 is 25.8. The lowest BCUT2D eigenvalue weighted by molar-refractivity contribution is -0.123. The van der Waals surface area contributed by atoms with Gasteiger partial charge in [-0.1, -0.05) is 51.5 Å². The van der Waals surface area contributed by atoms with Gasteiger partial charge in [0.05, 0.1) is 18.0 Å². The predicted molar refractivity (Wildman–Crippen MR) is 162 cm³/mol. The number of aryl methyl sites for hydroxylation is 2. The molecule has 0 spiro atoms. The number of amides is 2. The van der Waals surface area contributed by atoms with Crippen molar-refractivity contribution in [1.82, 2.24) is 16.0 Å². The highest BCUT2D eigenvalue weighted by molar-refractivity contribution is 7.92. The molecule has 2 aromatic carbocycles. The van der Waals surface area contributed by atoms with Gasteiger partial charge in [0.15, 0.2) is 0 Å². The number of hydrogen-bond donors (Lipinski definition) is 3. The molecule has 0 aliphatic carbocycles. The van der Waals surface area contributed by atoms with Crippen LogP contribution in [0.15, 0.2) is 42.5 Å². The van der Waals surface area contributed by atoms with Crippen molar-refractivity contribution < 1.29 is 18.0 Å². The molecule has 2 amide bonds. The standard InChI is InChI=1S/C31H46N4O4S/c1-6-10-29(31(37)33-20-22(2)3)32-21-27-17-24-14-9-13-23(15-24)11-7-8-12-25-16-26(30(36)34-27)19-28(18-25)35(4)40(5,38)39/h9,13-16,18-19,22,27,29,32H,6-8,10-12,17,20-21H2,1-5H3,(H,33,37)(H,34,36)/t27-,29-/m0/s1. The summed E-state index contributed by atoms with van der Waals surface area (Å²) >= 11 is 0. The lowest BCUT2D eigenvalue weighted by Gasteiger charge is -2.25. The van der Waals surface area contributed by atoms with E-state index in [0.717, 1.165) is 49.5 Å². The number of anilines is 1. The van der Waals surface area contributed by atoms with Crippen molar-refractivity contribution in [2.75, 3.05) is 30.7 Å². The van der Waals surface area contributed by atoms with Crippen LogP contribution >= 0.6 is 0 Å². The van der Waals surface area contributed by atoms with E-state index in [1.165, 1.54) is 16.9 Å². The first-order valence-electron chi connectivity index (χ1n) is 14.4. The number of carbonyl (C=O) groups is 2. The van der Waals surface area contributed by atoms with Gasteiger partial charge in [-0.05, 0) is 79.3 Å². The topological polar surface area (TPSA) is 108 Å². The van der Waals surface area contributed by atoms with Gasteiger partial charge in [-0.2, -0.15) is 0 Å².